The molecule has 1 fully saturated rings. The number of carbonyl (C=O) groups is 1. The second-order valence-corrected chi connectivity index (χ2v) is 6.17. The van der Waals surface area contributed by atoms with Crippen LogP contribution in [-0.2, 0) is 0 Å². The van der Waals surface area contributed by atoms with Crippen molar-refractivity contribution in [2.24, 2.45) is 5.92 Å². The van der Waals surface area contributed by atoms with Gasteiger partial charge in [0.2, 0.25) is 0 Å². The van der Waals surface area contributed by atoms with Gasteiger partial charge in [0, 0.05) is 25.2 Å². The number of rotatable bonds is 7. The minimum atomic E-state index is -4.77. The van der Waals surface area contributed by atoms with Gasteiger partial charge in [-0.15, -0.1) is 13.2 Å². The molecule has 5 nitrogen and oxygen atoms in total. The van der Waals surface area contributed by atoms with E-state index < -0.39 is 12.1 Å². The summed E-state index contributed by atoms with van der Waals surface area (Å²) in [5.41, 5.74) is 0.160. The molecular weight excluding hydrogens is 335 g/mol. The molecule has 0 aromatic heterocycles. The van der Waals surface area contributed by atoms with Gasteiger partial charge in [0.25, 0.3) is 5.91 Å². The van der Waals surface area contributed by atoms with Crippen LogP contribution in [0.2, 0.25) is 0 Å². The number of hydrogen-bond donors (Lipinski definition) is 2. The zero-order chi connectivity index (χ0) is 18.3. The number of hydrogen-bond acceptors (Lipinski definition) is 4. The standard InChI is InChI=1S/C17H24F3N3O2/c1-21-7-10-23-8-5-13(6-9-23)12-22-16(24)14-3-2-4-15(11-14)25-17(18,19)20/h2-4,11,13,21H,5-10,12H2,1H3,(H,22,24). The van der Waals surface area contributed by atoms with Gasteiger partial charge in [0.05, 0.1) is 0 Å². The van der Waals surface area contributed by atoms with Crippen molar-refractivity contribution < 1.29 is 22.7 Å². The van der Waals surface area contributed by atoms with E-state index in [9.17, 15) is 18.0 Å². The fourth-order valence-electron chi connectivity index (χ4n) is 2.86. The number of nitrogens with one attached hydrogen (secondary N) is 2. The Morgan fingerprint density at radius 2 is 2.04 bits per heavy atom. The average molecular weight is 359 g/mol. The first-order chi connectivity index (χ1) is 11.9. The Bertz CT molecular complexity index is 558. The van der Waals surface area contributed by atoms with Gasteiger partial charge in [0.1, 0.15) is 5.75 Å². The van der Waals surface area contributed by atoms with Crippen LogP contribution < -0.4 is 15.4 Å². The third kappa shape index (κ3) is 6.91. The molecule has 0 unspecified atom stereocenters. The highest BCUT2D eigenvalue weighted by Gasteiger charge is 2.31. The lowest BCUT2D eigenvalue weighted by Gasteiger charge is -2.31. The lowest BCUT2D eigenvalue weighted by molar-refractivity contribution is -0.274. The Kier molecular flexibility index (Phi) is 7.07. The van der Waals surface area contributed by atoms with Gasteiger partial charge in [-0.1, -0.05) is 6.07 Å². The first-order valence-electron chi connectivity index (χ1n) is 8.38. The second-order valence-electron chi connectivity index (χ2n) is 6.17. The van der Waals surface area contributed by atoms with Gasteiger partial charge in [0.15, 0.2) is 0 Å². The van der Waals surface area contributed by atoms with Crippen LogP contribution in [0.15, 0.2) is 24.3 Å². The molecule has 1 aromatic rings. The molecule has 0 saturated carbocycles. The lowest BCUT2D eigenvalue weighted by Crippen LogP contribution is -2.40. The zero-order valence-corrected chi connectivity index (χ0v) is 14.2. The molecule has 0 spiro atoms. The maximum Gasteiger partial charge on any atom is 0.573 e. The minimum absolute atomic E-state index is 0.160. The van der Waals surface area contributed by atoms with Crippen LogP contribution >= 0.6 is 0 Å². The predicted molar refractivity (Wildman–Crippen MR) is 88.5 cm³/mol. The van der Waals surface area contributed by atoms with E-state index in [0.717, 1.165) is 45.1 Å². The molecule has 1 heterocycles. The summed E-state index contributed by atoms with van der Waals surface area (Å²) in [5.74, 6) is -0.382. The second kappa shape index (κ2) is 9.05. The summed E-state index contributed by atoms with van der Waals surface area (Å²) >= 11 is 0. The van der Waals surface area contributed by atoms with E-state index >= 15 is 0 Å². The van der Waals surface area contributed by atoms with Gasteiger partial charge >= 0.3 is 6.36 Å². The fraction of sp³-hybridized carbons (Fsp3) is 0.588. The van der Waals surface area contributed by atoms with E-state index in [1.165, 1.54) is 18.2 Å². The van der Waals surface area contributed by atoms with Crippen molar-refractivity contribution in [2.45, 2.75) is 19.2 Å². The third-order valence-corrected chi connectivity index (χ3v) is 4.27. The smallest absolute Gasteiger partial charge is 0.406 e. The summed E-state index contributed by atoms with van der Waals surface area (Å²) in [6, 6.07) is 5.11. The summed E-state index contributed by atoms with van der Waals surface area (Å²) in [5, 5.41) is 5.93. The van der Waals surface area contributed by atoms with E-state index in [-0.39, 0.29) is 11.5 Å². The number of amides is 1. The first-order valence-corrected chi connectivity index (χ1v) is 8.38. The molecule has 1 amide bonds. The van der Waals surface area contributed by atoms with Gasteiger partial charge in [-0.25, -0.2) is 0 Å². The molecule has 1 saturated heterocycles. The molecular formula is C17H24F3N3O2. The van der Waals surface area contributed by atoms with Gasteiger partial charge in [-0.05, 0) is 57.1 Å². The normalized spacial score (nSPS) is 16.6. The Morgan fingerprint density at radius 3 is 2.68 bits per heavy atom. The van der Waals surface area contributed by atoms with Crippen LogP contribution in [0.4, 0.5) is 13.2 Å². The maximum absolute atomic E-state index is 12.2. The van der Waals surface area contributed by atoms with Crippen LogP contribution in [-0.4, -0.2) is 56.9 Å². The highest BCUT2D eigenvalue weighted by molar-refractivity contribution is 5.94. The van der Waals surface area contributed by atoms with Crippen molar-refractivity contribution in [2.75, 3.05) is 39.8 Å². The van der Waals surface area contributed by atoms with E-state index in [4.69, 9.17) is 0 Å². The molecule has 0 bridgehead atoms. The molecule has 2 N–H and O–H groups in total. The Hall–Kier alpha value is -1.80. The van der Waals surface area contributed by atoms with Crippen molar-refractivity contribution in [3.8, 4) is 5.75 Å². The van der Waals surface area contributed by atoms with Crippen LogP contribution in [0, 0.1) is 5.92 Å². The quantitative estimate of drug-likeness (QED) is 0.784. The first kappa shape index (κ1) is 19.5. The van der Waals surface area contributed by atoms with Crippen molar-refractivity contribution in [3.63, 3.8) is 0 Å². The number of benzene rings is 1. The number of halogens is 3. The lowest BCUT2D eigenvalue weighted by atomic mass is 9.96. The summed E-state index contributed by atoms with van der Waals surface area (Å²) in [7, 11) is 1.93. The van der Waals surface area contributed by atoms with Crippen LogP contribution in [0.25, 0.3) is 0 Å². The Morgan fingerprint density at radius 1 is 1.32 bits per heavy atom. The van der Waals surface area contributed by atoms with Crippen molar-refractivity contribution in [1.29, 1.82) is 0 Å². The van der Waals surface area contributed by atoms with Gasteiger partial charge < -0.3 is 20.3 Å². The van der Waals surface area contributed by atoms with Crippen molar-refractivity contribution >= 4 is 5.91 Å². The molecule has 1 aromatic carbocycles. The molecule has 0 atom stereocenters. The molecule has 140 valence electrons. The fourth-order valence-corrected chi connectivity index (χ4v) is 2.86. The number of nitrogens with zero attached hydrogens (tertiary/aromatic N) is 1. The number of likely N-dealkylation sites (N-methyl/N-ethyl adjacent to an activating group) is 1. The van der Waals surface area contributed by atoms with Gasteiger partial charge in [-0.2, -0.15) is 0 Å². The van der Waals surface area contributed by atoms with Crippen molar-refractivity contribution in [3.05, 3.63) is 29.8 Å². The van der Waals surface area contributed by atoms with Crippen LogP contribution in [0.5, 0.6) is 5.75 Å². The van der Waals surface area contributed by atoms with E-state index in [2.05, 4.69) is 20.3 Å². The predicted octanol–water partition coefficient (Wildman–Crippen LogP) is 2.25. The highest BCUT2D eigenvalue weighted by atomic mass is 19.4. The highest BCUT2D eigenvalue weighted by Crippen LogP contribution is 2.23. The Labute approximate surface area is 145 Å². The molecule has 0 aliphatic carbocycles. The van der Waals surface area contributed by atoms with Crippen molar-refractivity contribution in [1.82, 2.24) is 15.5 Å². The largest absolute Gasteiger partial charge is 0.573 e. The number of alkyl halides is 3. The summed E-state index contributed by atoms with van der Waals surface area (Å²) in [4.78, 5) is 14.5. The summed E-state index contributed by atoms with van der Waals surface area (Å²) < 4.78 is 40.6. The minimum Gasteiger partial charge on any atom is -0.406 e. The zero-order valence-electron chi connectivity index (χ0n) is 14.2. The maximum atomic E-state index is 12.2. The number of carbonyl (C=O) groups excluding carboxylic acids is 1. The van der Waals surface area contributed by atoms with E-state index in [1.54, 1.807) is 0 Å². The number of piperidine rings is 1. The molecule has 25 heavy (non-hydrogen) atoms. The molecule has 8 heteroatoms. The number of likely N-dealkylation sites (tertiary alicyclic amines) is 1. The van der Waals surface area contributed by atoms with Crippen LogP contribution in [0.3, 0.4) is 0 Å². The SMILES string of the molecule is CNCCN1CCC(CNC(=O)c2cccc(OC(F)(F)F)c2)CC1. The topological polar surface area (TPSA) is 53.6 Å². The monoisotopic (exact) mass is 359 g/mol. The van der Waals surface area contributed by atoms with E-state index in [0.29, 0.717) is 12.5 Å². The van der Waals surface area contributed by atoms with E-state index in [1.807, 2.05) is 7.05 Å². The van der Waals surface area contributed by atoms with Crippen LogP contribution in [0.1, 0.15) is 23.2 Å². The average Bonchev–Trinajstić information content (AvgIpc) is 2.57. The molecule has 1 aliphatic heterocycles. The molecule has 1 aliphatic rings. The number of ether oxygens (including phenoxy) is 1. The molecule has 2 rings (SSSR count). The summed E-state index contributed by atoms with van der Waals surface area (Å²) in [6.45, 7) is 4.50. The Balaban J connectivity index is 1.78. The molecule has 0 radical (unpaired) electrons. The third-order valence-electron chi connectivity index (χ3n) is 4.27. The summed E-state index contributed by atoms with van der Waals surface area (Å²) in [6.07, 6.45) is -2.77. The van der Waals surface area contributed by atoms with Gasteiger partial charge in [-0.3, -0.25) is 4.79 Å².